The fraction of sp³-hybridized carbons (Fsp3) is 1.00. The Labute approximate surface area is 86.1 Å². The summed E-state index contributed by atoms with van der Waals surface area (Å²) >= 11 is 0. The van der Waals surface area contributed by atoms with Crippen LogP contribution in [0.25, 0.3) is 5.43 Å². The molecule has 0 aromatic carbocycles. The van der Waals surface area contributed by atoms with Crippen LogP contribution in [0.4, 0.5) is 0 Å². The van der Waals surface area contributed by atoms with Gasteiger partial charge in [-0.3, -0.25) is 0 Å². The van der Waals surface area contributed by atoms with Gasteiger partial charge < -0.3 is 16.4 Å². The van der Waals surface area contributed by atoms with Gasteiger partial charge in [0.1, 0.15) is 0 Å². The van der Waals surface area contributed by atoms with Crippen LogP contribution in [-0.2, 0) is 0 Å². The molecule has 0 aromatic rings. The van der Waals surface area contributed by atoms with Crippen LogP contribution in [0.15, 0.2) is 0 Å². The van der Waals surface area contributed by atoms with Crippen molar-refractivity contribution in [3.8, 4) is 0 Å². The summed E-state index contributed by atoms with van der Waals surface area (Å²) in [5, 5.41) is 9.30. The molecule has 1 atom stereocenters. The maximum atomic E-state index is 9.30. The molecule has 0 bridgehead atoms. The van der Waals surface area contributed by atoms with Crippen LogP contribution in [0.2, 0.25) is 0 Å². The summed E-state index contributed by atoms with van der Waals surface area (Å²) in [6, 6.07) is -0.141. The molecule has 0 aliphatic rings. The molecule has 0 aliphatic heterocycles. The van der Waals surface area contributed by atoms with Crippen molar-refractivity contribution in [1.82, 2.24) is 0 Å². The summed E-state index contributed by atoms with van der Waals surface area (Å²) in [5.74, 6) is 5.03. The number of aliphatic hydroxyl groups is 1. The van der Waals surface area contributed by atoms with Gasteiger partial charge >= 0.3 is 0 Å². The Balaban J connectivity index is 0. The van der Waals surface area contributed by atoms with Crippen LogP contribution in [0.3, 0.4) is 0 Å². The molecule has 0 radical (unpaired) electrons. The second-order valence-electron chi connectivity index (χ2n) is 2.73. The zero-order valence-electron chi connectivity index (χ0n) is 6.76. The molecular formula is C6H15N2OU-. The van der Waals surface area contributed by atoms with E-state index in [4.69, 9.17) is 5.84 Å². The van der Waals surface area contributed by atoms with E-state index in [1.807, 2.05) is 6.92 Å². The van der Waals surface area contributed by atoms with E-state index in [1.54, 1.807) is 13.8 Å². The van der Waals surface area contributed by atoms with Crippen molar-refractivity contribution in [1.29, 1.82) is 0 Å². The molecule has 10 heavy (non-hydrogen) atoms. The largest absolute Gasteiger partial charge is 0.595 e. The van der Waals surface area contributed by atoms with E-state index in [0.29, 0.717) is 0 Å². The predicted molar refractivity (Wildman–Crippen MR) is 37.9 cm³/mol. The van der Waals surface area contributed by atoms with Gasteiger partial charge in [-0.15, -0.1) is 0 Å². The Morgan fingerprint density at radius 1 is 1.60 bits per heavy atom. The first-order valence-electron chi connectivity index (χ1n) is 3.14. The normalized spacial score (nSPS) is 14.1. The van der Waals surface area contributed by atoms with Crippen molar-refractivity contribution in [2.45, 2.75) is 38.8 Å². The second-order valence-corrected chi connectivity index (χ2v) is 2.73. The molecule has 0 spiro atoms. The number of hydrogen-bond acceptors (Lipinski definition) is 2. The Morgan fingerprint density at radius 3 is 2.00 bits per heavy atom. The van der Waals surface area contributed by atoms with Gasteiger partial charge in [0.05, 0.1) is 0 Å². The summed E-state index contributed by atoms with van der Waals surface area (Å²) in [4.78, 5) is 0. The second kappa shape index (κ2) is 5.57. The molecule has 0 heterocycles. The van der Waals surface area contributed by atoms with Crippen molar-refractivity contribution >= 4 is 0 Å². The van der Waals surface area contributed by atoms with Crippen molar-refractivity contribution in [2.24, 2.45) is 5.84 Å². The minimum absolute atomic E-state index is 0. The van der Waals surface area contributed by atoms with Gasteiger partial charge in [0.15, 0.2) is 0 Å². The SMILES string of the molecule is CCC([N-]N)C(C)(C)O.[U]. The monoisotopic (exact) mass is 369 g/mol. The van der Waals surface area contributed by atoms with Gasteiger partial charge in [-0.1, -0.05) is 19.4 Å². The topological polar surface area (TPSA) is 60.4 Å². The minimum Gasteiger partial charge on any atom is -0.595 e. The van der Waals surface area contributed by atoms with Crippen molar-refractivity contribution in [2.75, 3.05) is 0 Å². The number of nitrogens with zero attached hydrogens (tertiary/aromatic N) is 1. The molecule has 0 fully saturated rings. The molecule has 3 N–H and O–H groups in total. The summed E-state index contributed by atoms with van der Waals surface area (Å²) in [5.41, 5.74) is 2.75. The van der Waals surface area contributed by atoms with E-state index >= 15 is 0 Å². The molecule has 0 aromatic heterocycles. The van der Waals surface area contributed by atoms with Gasteiger partial charge in [0.25, 0.3) is 0 Å². The van der Waals surface area contributed by atoms with Crippen LogP contribution in [0.1, 0.15) is 27.2 Å². The molecule has 1 unspecified atom stereocenters. The smallest absolute Gasteiger partial charge is 0.0441 e. The molecule has 0 saturated carbocycles. The van der Waals surface area contributed by atoms with E-state index in [1.165, 1.54) is 0 Å². The predicted octanol–water partition coefficient (Wildman–Crippen LogP) is 0.783. The first kappa shape index (κ1) is 13.5. The Kier molecular flexibility index (Phi) is 7.52. The van der Waals surface area contributed by atoms with E-state index in [2.05, 4.69) is 5.43 Å². The molecule has 0 aliphatic carbocycles. The first-order valence-corrected chi connectivity index (χ1v) is 3.14. The van der Waals surface area contributed by atoms with E-state index in [9.17, 15) is 5.11 Å². The molecule has 3 nitrogen and oxygen atoms in total. The van der Waals surface area contributed by atoms with Crippen LogP contribution in [-0.4, -0.2) is 16.7 Å². The Hall–Kier alpha value is 0.932. The van der Waals surface area contributed by atoms with Gasteiger partial charge in [0, 0.05) is 36.7 Å². The molecule has 0 amide bonds. The Morgan fingerprint density at radius 2 is 2.00 bits per heavy atom. The molecular weight excluding hydrogens is 354 g/mol. The van der Waals surface area contributed by atoms with Gasteiger partial charge in [-0.2, -0.15) is 0 Å². The van der Waals surface area contributed by atoms with Gasteiger partial charge in [0.2, 0.25) is 0 Å². The first-order chi connectivity index (χ1) is 4.02. The van der Waals surface area contributed by atoms with Gasteiger partial charge in [-0.05, 0) is 13.8 Å². The maximum Gasteiger partial charge on any atom is 0.0441 e. The summed E-state index contributed by atoms with van der Waals surface area (Å²) in [6.07, 6.45) is 0.778. The zero-order chi connectivity index (χ0) is 7.49. The summed E-state index contributed by atoms with van der Waals surface area (Å²) in [7, 11) is 0. The fourth-order valence-corrected chi connectivity index (χ4v) is 0.787. The number of hydrogen-bond donors (Lipinski definition) is 2. The van der Waals surface area contributed by atoms with Crippen molar-refractivity contribution < 1.29 is 36.2 Å². The molecule has 0 saturated heterocycles. The third-order valence-electron chi connectivity index (χ3n) is 1.38. The number of rotatable bonds is 3. The molecule has 60 valence electrons. The maximum absolute atomic E-state index is 9.30. The third kappa shape index (κ3) is 4.70. The van der Waals surface area contributed by atoms with E-state index in [-0.39, 0.29) is 37.2 Å². The summed E-state index contributed by atoms with van der Waals surface area (Å²) < 4.78 is 0. The van der Waals surface area contributed by atoms with Crippen LogP contribution in [0, 0.1) is 31.1 Å². The average molecular weight is 369 g/mol. The molecule has 0 rings (SSSR count). The van der Waals surface area contributed by atoms with E-state index < -0.39 is 5.60 Å². The zero-order valence-corrected chi connectivity index (χ0v) is 10.9. The average Bonchev–Trinajstić information content (AvgIpc) is 1.65. The van der Waals surface area contributed by atoms with Crippen LogP contribution in [0.5, 0.6) is 0 Å². The van der Waals surface area contributed by atoms with Crippen LogP contribution >= 0.6 is 0 Å². The van der Waals surface area contributed by atoms with E-state index in [0.717, 1.165) is 6.42 Å². The summed E-state index contributed by atoms with van der Waals surface area (Å²) in [6.45, 7) is 5.36. The Bertz CT molecular complexity index is 78.3. The third-order valence-corrected chi connectivity index (χ3v) is 1.38. The quantitative estimate of drug-likeness (QED) is 0.571. The van der Waals surface area contributed by atoms with Crippen LogP contribution < -0.4 is 5.84 Å². The van der Waals surface area contributed by atoms with Gasteiger partial charge in [-0.25, -0.2) is 0 Å². The minimum atomic E-state index is -0.774. The van der Waals surface area contributed by atoms with Crippen molar-refractivity contribution in [3.05, 3.63) is 5.43 Å². The standard InChI is InChI=1S/C6H15N2O.U/c1-4-5(8-7)6(2,3)9;/h5,9H,4,7H2,1-3H3;/q-1;. The fourth-order valence-electron chi connectivity index (χ4n) is 0.787. The number of nitrogens with two attached hydrogens (primary N) is 1. The van der Waals surface area contributed by atoms with Crippen molar-refractivity contribution in [3.63, 3.8) is 0 Å². The molecule has 4 heteroatoms.